The third kappa shape index (κ3) is 5.83. The number of morpholine rings is 1. The van der Waals surface area contributed by atoms with E-state index in [4.69, 9.17) is 19.4 Å². The summed E-state index contributed by atoms with van der Waals surface area (Å²) >= 11 is 0. The number of halogens is 1. The smallest absolute Gasteiger partial charge is 0.254 e. The average molecular weight is 592 g/mol. The molecule has 0 unspecified atom stereocenters. The van der Waals surface area contributed by atoms with Crippen molar-refractivity contribution in [3.05, 3.63) is 77.4 Å². The molecule has 6 rings (SSSR count). The van der Waals surface area contributed by atoms with Gasteiger partial charge in [0, 0.05) is 24.7 Å². The molecule has 2 aliphatic rings. The van der Waals surface area contributed by atoms with E-state index in [1.807, 2.05) is 30.3 Å². The predicted molar refractivity (Wildman–Crippen MR) is 154 cm³/mol. The number of benzene rings is 1. The molecule has 2 atom stereocenters. The monoisotopic (exact) mass is 591 g/mol. The standard InChI is InChI=1S/C30H30FN5O5S/c1-18-15-36(16-19(2)41-18)29-5-3-4-25(35-29)26-7-6-20-13-32-22(11-27(20)34-26)14-33-30(37)23-12-28-21(10-24(23)31)17-40-8-9-42(28,38)39/h3-7,10-13,18-19H,8-9,14-17H2,1-2H3,(H,33,37)/t18-,19+. The highest BCUT2D eigenvalue weighted by molar-refractivity contribution is 7.91. The van der Waals surface area contributed by atoms with Crippen molar-refractivity contribution in [2.24, 2.45) is 0 Å². The number of nitrogens with one attached hydrogen (secondary N) is 1. The van der Waals surface area contributed by atoms with E-state index in [9.17, 15) is 17.6 Å². The second-order valence-corrected chi connectivity index (χ2v) is 12.7. The number of aromatic nitrogens is 3. The molecule has 1 amide bonds. The Morgan fingerprint density at radius 2 is 1.86 bits per heavy atom. The Kier molecular flexibility index (Phi) is 7.60. The average Bonchev–Trinajstić information content (AvgIpc) is 3.11. The first kappa shape index (κ1) is 28.1. The van der Waals surface area contributed by atoms with Crippen LogP contribution >= 0.6 is 0 Å². The summed E-state index contributed by atoms with van der Waals surface area (Å²) in [5.74, 6) is -0.930. The first-order chi connectivity index (χ1) is 20.2. The second-order valence-electron chi connectivity index (χ2n) is 10.6. The van der Waals surface area contributed by atoms with E-state index in [2.05, 4.69) is 29.0 Å². The summed E-state index contributed by atoms with van der Waals surface area (Å²) in [6.45, 7) is 5.59. The molecule has 0 spiro atoms. The van der Waals surface area contributed by atoms with Gasteiger partial charge in [0.15, 0.2) is 9.84 Å². The number of pyridine rings is 3. The topological polar surface area (TPSA) is 124 Å². The van der Waals surface area contributed by atoms with Crippen molar-refractivity contribution in [3.8, 4) is 11.4 Å². The molecule has 4 aromatic rings. The fourth-order valence-electron chi connectivity index (χ4n) is 5.30. The van der Waals surface area contributed by atoms with Crippen LogP contribution in [0.4, 0.5) is 10.2 Å². The van der Waals surface area contributed by atoms with Crippen LogP contribution in [0.2, 0.25) is 0 Å². The fourth-order valence-corrected chi connectivity index (χ4v) is 6.67. The Hall–Kier alpha value is -4.00. The number of ether oxygens (including phenoxy) is 2. The summed E-state index contributed by atoms with van der Waals surface area (Å²) in [4.78, 5) is 29.1. The molecular weight excluding hydrogens is 561 g/mol. The Morgan fingerprint density at radius 1 is 1.07 bits per heavy atom. The Morgan fingerprint density at radius 3 is 2.67 bits per heavy atom. The van der Waals surface area contributed by atoms with E-state index < -0.39 is 21.6 Å². The minimum Gasteiger partial charge on any atom is -0.376 e. The minimum absolute atomic E-state index is 0.00575. The number of anilines is 1. The lowest BCUT2D eigenvalue weighted by Gasteiger charge is -2.36. The van der Waals surface area contributed by atoms with E-state index in [1.165, 1.54) is 0 Å². The van der Waals surface area contributed by atoms with Crippen molar-refractivity contribution in [2.75, 3.05) is 30.3 Å². The predicted octanol–water partition coefficient (Wildman–Crippen LogP) is 3.68. The van der Waals surface area contributed by atoms with Gasteiger partial charge in [-0.25, -0.2) is 22.8 Å². The van der Waals surface area contributed by atoms with E-state index in [0.29, 0.717) is 16.9 Å². The molecule has 0 aliphatic carbocycles. The summed E-state index contributed by atoms with van der Waals surface area (Å²) in [5, 5.41) is 3.45. The number of hydrogen-bond acceptors (Lipinski definition) is 9. The molecule has 3 aromatic heterocycles. The number of carbonyl (C=O) groups is 1. The zero-order valence-electron chi connectivity index (χ0n) is 23.2. The molecule has 5 heterocycles. The maximum atomic E-state index is 14.8. The molecular formula is C30H30FN5O5S. The summed E-state index contributed by atoms with van der Waals surface area (Å²) in [7, 11) is -3.69. The van der Waals surface area contributed by atoms with Crippen LogP contribution in [0.1, 0.15) is 35.5 Å². The van der Waals surface area contributed by atoms with Crippen LogP contribution in [-0.4, -0.2) is 66.9 Å². The number of carbonyl (C=O) groups excluding carboxylic acids is 1. The summed E-state index contributed by atoms with van der Waals surface area (Å²) in [6.07, 6.45) is 1.88. The lowest BCUT2D eigenvalue weighted by Crippen LogP contribution is -2.45. The van der Waals surface area contributed by atoms with Crippen LogP contribution < -0.4 is 10.2 Å². The quantitative estimate of drug-likeness (QED) is 0.346. The van der Waals surface area contributed by atoms with E-state index in [-0.39, 0.29) is 53.7 Å². The zero-order chi connectivity index (χ0) is 29.4. The molecule has 1 N–H and O–H groups in total. The van der Waals surface area contributed by atoms with E-state index >= 15 is 0 Å². The summed E-state index contributed by atoms with van der Waals surface area (Å²) in [6, 6.07) is 13.6. The van der Waals surface area contributed by atoms with E-state index in [1.54, 1.807) is 12.3 Å². The Bertz CT molecular complexity index is 1770. The highest BCUT2D eigenvalue weighted by Crippen LogP contribution is 2.26. The molecule has 10 nitrogen and oxygen atoms in total. The molecule has 12 heteroatoms. The Balaban J connectivity index is 1.21. The van der Waals surface area contributed by atoms with Gasteiger partial charge in [-0.3, -0.25) is 9.78 Å². The van der Waals surface area contributed by atoms with Gasteiger partial charge in [0.2, 0.25) is 0 Å². The number of hydrogen-bond donors (Lipinski definition) is 1. The molecule has 0 radical (unpaired) electrons. The highest BCUT2D eigenvalue weighted by atomic mass is 32.2. The van der Waals surface area contributed by atoms with Crippen molar-refractivity contribution in [2.45, 2.75) is 44.1 Å². The second kappa shape index (κ2) is 11.3. The first-order valence-electron chi connectivity index (χ1n) is 13.7. The zero-order valence-corrected chi connectivity index (χ0v) is 24.0. The van der Waals surface area contributed by atoms with Gasteiger partial charge in [-0.2, -0.15) is 0 Å². The van der Waals surface area contributed by atoms with Crippen molar-refractivity contribution < 1.29 is 27.1 Å². The molecule has 0 bridgehead atoms. The van der Waals surface area contributed by atoms with Crippen LogP contribution in [0.3, 0.4) is 0 Å². The third-order valence-electron chi connectivity index (χ3n) is 7.28. The number of amides is 1. The van der Waals surface area contributed by atoms with Gasteiger partial charge in [-0.15, -0.1) is 0 Å². The van der Waals surface area contributed by atoms with Gasteiger partial charge in [-0.05, 0) is 61.9 Å². The summed E-state index contributed by atoms with van der Waals surface area (Å²) in [5.41, 5.74) is 2.44. The van der Waals surface area contributed by atoms with Crippen LogP contribution in [0.25, 0.3) is 22.3 Å². The SMILES string of the molecule is C[C@@H]1CN(c2cccc(-c3ccc4cnc(CNC(=O)c5cc6c(cc5F)COCCS6(=O)=O)cc4n3)n2)C[C@H](C)O1. The molecule has 2 aliphatic heterocycles. The number of fused-ring (bicyclic) bond motifs is 2. The number of nitrogens with zero attached hydrogens (tertiary/aromatic N) is 4. The normalized spacial score (nSPS) is 20.1. The van der Waals surface area contributed by atoms with Gasteiger partial charge in [-0.1, -0.05) is 6.07 Å². The highest BCUT2D eigenvalue weighted by Gasteiger charge is 2.26. The third-order valence-corrected chi connectivity index (χ3v) is 9.04. The molecule has 1 fully saturated rings. The van der Waals surface area contributed by atoms with Crippen molar-refractivity contribution in [1.29, 1.82) is 0 Å². The maximum Gasteiger partial charge on any atom is 0.254 e. The molecule has 1 saturated heterocycles. The Labute approximate surface area is 242 Å². The molecule has 0 saturated carbocycles. The number of sulfone groups is 1. The van der Waals surface area contributed by atoms with Crippen molar-refractivity contribution in [3.63, 3.8) is 0 Å². The van der Waals surface area contributed by atoms with Crippen molar-refractivity contribution >= 4 is 32.5 Å². The summed E-state index contributed by atoms with van der Waals surface area (Å²) < 4.78 is 51.0. The van der Waals surface area contributed by atoms with E-state index in [0.717, 1.165) is 42.1 Å². The lowest BCUT2D eigenvalue weighted by atomic mass is 10.1. The first-order valence-corrected chi connectivity index (χ1v) is 15.4. The van der Waals surface area contributed by atoms with Gasteiger partial charge in [0.05, 0.1) is 70.8 Å². The van der Waals surface area contributed by atoms with Crippen LogP contribution in [0.15, 0.2) is 59.6 Å². The van der Waals surface area contributed by atoms with Gasteiger partial charge in [0.1, 0.15) is 11.6 Å². The van der Waals surface area contributed by atoms with Crippen LogP contribution in [0.5, 0.6) is 0 Å². The fraction of sp³-hybridized carbons (Fsp3) is 0.333. The lowest BCUT2D eigenvalue weighted by molar-refractivity contribution is -0.00545. The van der Waals surface area contributed by atoms with Crippen molar-refractivity contribution in [1.82, 2.24) is 20.3 Å². The van der Waals surface area contributed by atoms with Gasteiger partial charge >= 0.3 is 0 Å². The maximum absolute atomic E-state index is 14.8. The largest absolute Gasteiger partial charge is 0.376 e. The minimum atomic E-state index is -3.69. The van der Waals surface area contributed by atoms with Crippen LogP contribution in [-0.2, 0) is 32.5 Å². The molecule has 42 heavy (non-hydrogen) atoms. The van der Waals surface area contributed by atoms with Gasteiger partial charge in [0.25, 0.3) is 5.91 Å². The molecule has 218 valence electrons. The number of rotatable bonds is 5. The van der Waals surface area contributed by atoms with Crippen LogP contribution in [0, 0.1) is 5.82 Å². The molecule has 1 aromatic carbocycles. The van der Waals surface area contributed by atoms with Gasteiger partial charge < -0.3 is 19.7 Å².